The molecular formula is C12H17N5. The van der Waals surface area contributed by atoms with E-state index in [0.29, 0.717) is 5.84 Å². The molecule has 1 aliphatic rings. The first-order valence-electron chi connectivity index (χ1n) is 5.37. The van der Waals surface area contributed by atoms with E-state index < -0.39 is 5.79 Å². The predicted octanol–water partition coefficient (Wildman–Crippen LogP) is 0.296. The standard InChI is InChI=1S/C12H17N5/c1-17(2)10-5-3-9(4-6-10)12(14)15-8-7-11(13)16-12/h3-8,15H,14H2,1-2H3,(H2,13,16). The monoisotopic (exact) mass is 231 g/mol. The van der Waals surface area contributed by atoms with Crippen LogP contribution in [0.3, 0.4) is 0 Å². The fraction of sp³-hybridized carbons (Fsp3) is 0.250. The Kier molecular flexibility index (Phi) is 2.77. The number of benzene rings is 1. The van der Waals surface area contributed by atoms with E-state index in [2.05, 4.69) is 10.3 Å². The van der Waals surface area contributed by atoms with Crippen molar-refractivity contribution in [2.24, 2.45) is 16.5 Å². The summed E-state index contributed by atoms with van der Waals surface area (Å²) in [4.78, 5) is 6.25. The van der Waals surface area contributed by atoms with Crippen LogP contribution in [0.4, 0.5) is 5.69 Å². The summed E-state index contributed by atoms with van der Waals surface area (Å²) >= 11 is 0. The lowest BCUT2D eigenvalue weighted by atomic mass is 10.1. The van der Waals surface area contributed by atoms with Gasteiger partial charge in [-0.05, 0) is 18.2 Å². The number of hydrogen-bond acceptors (Lipinski definition) is 5. The summed E-state index contributed by atoms with van der Waals surface area (Å²) in [5, 5.41) is 3.01. The second kappa shape index (κ2) is 4.10. The number of amidine groups is 1. The molecule has 17 heavy (non-hydrogen) atoms. The first-order chi connectivity index (χ1) is 8.01. The van der Waals surface area contributed by atoms with Gasteiger partial charge in [0.1, 0.15) is 5.84 Å². The SMILES string of the molecule is CN(C)c1ccc(C2(N)N=C(N)C=CN2)cc1. The first kappa shape index (κ1) is 11.5. The van der Waals surface area contributed by atoms with Crippen molar-refractivity contribution in [1.29, 1.82) is 0 Å². The fourth-order valence-electron chi connectivity index (χ4n) is 1.69. The predicted molar refractivity (Wildman–Crippen MR) is 70.5 cm³/mol. The zero-order chi connectivity index (χ0) is 12.5. The van der Waals surface area contributed by atoms with Crippen molar-refractivity contribution in [2.75, 3.05) is 19.0 Å². The number of nitrogens with zero attached hydrogens (tertiary/aromatic N) is 2. The van der Waals surface area contributed by atoms with Gasteiger partial charge in [0, 0.05) is 31.5 Å². The molecule has 1 aromatic rings. The Morgan fingerprint density at radius 3 is 2.41 bits per heavy atom. The van der Waals surface area contributed by atoms with Gasteiger partial charge in [0.15, 0.2) is 0 Å². The van der Waals surface area contributed by atoms with Gasteiger partial charge in [-0.25, -0.2) is 4.99 Å². The molecule has 1 aromatic carbocycles. The van der Waals surface area contributed by atoms with Crippen molar-refractivity contribution >= 4 is 11.5 Å². The van der Waals surface area contributed by atoms with Gasteiger partial charge in [0.05, 0.1) is 0 Å². The largest absolute Gasteiger partial charge is 0.384 e. The van der Waals surface area contributed by atoms with Crippen LogP contribution in [0.15, 0.2) is 41.5 Å². The molecule has 0 saturated carbocycles. The third-order valence-corrected chi connectivity index (χ3v) is 2.69. The lowest BCUT2D eigenvalue weighted by Crippen LogP contribution is -2.49. The molecule has 0 saturated heterocycles. The minimum Gasteiger partial charge on any atom is -0.384 e. The Morgan fingerprint density at radius 2 is 1.88 bits per heavy atom. The molecule has 0 spiro atoms. The molecule has 5 nitrogen and oxygen atoms in total. The minimum absolute atomic E-state index is 0.419. The third kappa shape index (κ3) is 2.24. The Balaban J connectivity index is 2.31. The summed E-state index contributed by atoms with van der Waals surface area (Å²) in [5.41, 5.74) is 13.8. The second-order valence-corrected chi connectivity index (χ2v) is 4.22. The van der Waals surface area contributed by atoms with Crippen LogP contribution >= 0.6 is 0 Å². The van der Waals surface area contributed by atoms with Gasteiger partial charge in [0.25, 0.3) is 0 Å². The fourth-order valence-corrected chi connectivity index (χ4v) is 1.69. The topological polar surface area (TPSA) is 79.7 Å². The summed E-state index contributed by atoms with van der Waals surface area (Å²) in [6.07, 6.45) is 3.39. The van der Waals surface area contributed by atoms with E-state index in [1.807, 2.05) is 43.3 Å². The van der Waals surface area contributed by atoms with Crippen LogP contribution in [0.2, 0.25) is 0 Å². The van der Waals surface area contributed by atoms with Crippen LogP contribution in [0.5, 0.6) is 0 Å². The van der Waals surface area contributed by atoms with Gasteiger partial charge in [-0.1, -0.05) is 12.1 Å². The number of rotatable bonds is 2. The molecule has 0 fully saturated rings. The highest BCUT2D eigenvalue weighted by Gasteiger charge is 2.26. The second-order valence-electron chi connectivity index (χ2n) is 4.22. The maximum Gasteiger partial charge on any atom is 0.211 e. The van der Waals surface area contributed by atoms with Gasteiger partial charge < -0.3 is 16.0 Å². The van der Waals surface area contributed by atoms with Crippen LogP contribution in [-0.2, 0) is 5.79 Å². The van der Waals surface area contributed by atoms with Crippen LogP contribution in [0, 0.1) is 0 Å². The maximum absolute atomic E-state index is 6.15. The molecule has 5 heteroatoms. The number of aliphatic imine (C=N–C) groups is 1. The van der Waals surface area contributed by atoms with Gasteiger partial charge in [-0.3, -0.25) is 5.73 Å². The highest BCUT2D eigenvalue weighted by molar-refractivity contribution is 5.92. The number of anilines is 1. The summed E-state index contributed by atoms with van der Waals surface area (Å²) in [6.45, 7) is 0. The Labute approximate surface area is 101 Å². The van der Waals surface area contributed by atoms with E-state index >= 15 is 0 Å². The van der Waals surface area contributed by atoms with Crippen molar-refractivity contribution in [1.82, 2.24) is 5.32 Å². The molecule has 90 valence electrons. The molecule has 0 aliphatic carbocycles. The summed E-state index contributed by atoms with van der Waals surface area (Å²) in [7, 11) is 3.98. The van der Waals surface area contributed by atoms with Crippen molar-refractivity contribution < 1.29 is 0 Å². The molecule has 1 heterocycles. The Bertz CT molecular complexity index is 460. The highest BCUT2D eigenvalue weighted by atomic mass is 15.3. The zero-order valence-corrected chi connectivity index (χ0v) is 10.0. The van der Waals surface area contributed by atoms with Gasteiger partial charge in [-0.15, -0.1) is 0 Å². The van der Waals surface area contributed by atoms with Crippen LogP contribution < -0.4 is 21.7 Å². The minimum atomic E-state index is -0.969. The molecule has 2 rings (SSSR count). The quantitative estimate of drug-likeness (QED) is 0.683. The molecule has 1 aliphatic heterocycles. The zero-order valence-electron chi connectivity index (χ0n) is 10.0. The van der Waals surface area contributed by atoms with Crippen molar-refractivity contribution in [3.8, 4) is 0 Å². The van der Waals surface area contributed by atoms with E-state index in [9.17, 15) is 0 Å². The lowest BCUT2D eigenvalue weighted by Gasteiger charge is -2.29. The van der Waals surface area contributed by atoms with Crippen molar-refractivity contribution in [2.45, 2.75) is 5.79 Å². The molecule has 0 radical (unpaired) electrons. The van der Waals surface area contributed by atoms with Crippen LogP contribution in [0.25, 0.3) is 0 Å². The Morgan fingerprint density at radius 1 is 1.24 bits per heavy atom. The molecule has 5 N–H and O–H groups in total. The molecular weight excluding hydrogens is 214 g/mol. The summed E-state index contributed by atoms with van der Waals surface area (Å²) in [5.74, 6) is -0.549. The number of hydrogen-bond donors (Lipinski definition) is 3. The maximum atomic E-state index is 6.15. The van der Waals surface area contributed by atoms with Crippen molar-refractivity contribution in [3.63, 3.8) is 0 Å². The van der Waals surface area contributed by atoms with Gasteiger partial charge in [-0.2, -0.15) is 0 Å². The summed E-state index contributed by atoms with van der Waals surface area (Å²) < 4.78 is 0. The van der Waals surface area contributed by atoms with Crippen LogP contribution in [-0.4, -0.2) is 19.9 Å². The van der Waals surface area contributed by atoms with Crippen molar-refractivity contribution in [3.05, 3.63) is 42.1 Å². The van der Waals surface area contributed by atoms with E-state index in [1.165, 1.54) is 0 Å². The Hall–Kier alpha value is -2.01. The van der Waals surface area contributed by atoms with E-state index in [4.69, 9.17) is 11.5 Å². The van der Waals surface area contributed by atoms with Gasteiger partial charge in [0.2, 0.25) is 5.79 Å². The smallest absolute Gasteiger partial charge is 0.211 e. The number of nitrogens with one attached hydrogen (secondary N) is 1. The van der Waals surface area contributed by atoms with E-state index in [1.54, 1.807) is 12.3 Å². The van der Waals surface area contributed by atoms with E-state index in [-0.39, 0.29) is 0 Å². The van der Waals surface area contributed by atoms with Gasteiger partial charge >= 0.3 is 0 Å². The summed E-state index contributed by atoms with van der Waals surface area (Å²) in [6, 6.07) is 7.88. The third-order valence-electron chi connectivity index (χ3n) is 2.69. The van der Waals surface area contributed by atoms with Crippen LogP contribution in [0.1, 0.15) is 5.56 Å². The highest BCUT2D eigenvalue weighted by Crippen LogP contribution is 2.22. The number of nitrogens with two attached hydrogens (primary N) is 2. The molecule has 0 amide bonds. The average Bonchev–Trinajstić information content (AvgIpc) is 2.29. The van der Waals surface area contributed by atoms with E-state index in [0.717, 1.165) is 11.3 Å². The normalized spacial score (nSPS) is 22.9. The lowest BCUT2D eigenvalue weighted by molar-refractivity contribution is 0.410. The first-order valence-corrected chi connectivity index (χ1v) is 5.37. The molecule has 0 aromatic heterocycles. The molecule has 1 atom stereocenters. The molecule has 1 unspecified atom stereocenters. The molecule has 0 bridgehead atoms. The average molecular weight is 231 g/mol.